The molecule has 0 bridgehead atoms. The highest BCUT2D eigenvalue weighted by molar-refractivity contribution is 9.10. The lowest BCUT2D eigenvalue weighted by molar-refractivity contribution is -0.129. The van der Waals surface area contributed by atoms with E-state index in [9.17, 15) is 4.79 Å². The van der Waals surface area contributed by atoms with Gasteiger partial charge in [-0.15, -0.1) is 0 Å². The van der Waals surface area contributed by atoms with Crippen molar-refractivity contribution in [1.29, 1.82) is 0 Å². The van der Waals surface area contributed by atoms with E-state index in [1.165, 1.54) is 5.56 Å². The maximum absolute atomic E-state index is 12.2. The van der Waals surface area contributed by atoms with Crippen LogP contribution in [0.1, 0.15) is 36.8 Å². The van der Waals surface area contributed by atoms with E-state index in [1.807, 2.05) is 19.9 Å². The van der Waals surface area contributed by atoms with E-state index in [4.69, 9.17) is 4.74 Å². The van der Waals surface area contributed by atoms with Gasteiger partial charge >= 0.3 is 0 Å². The molecule has 1 aromatic carbocycles. The fraction of sp³-hybridized carbons (Fsp3) is 0.533. The number of carbonyl (C=O) groups excluding carboxylic acids is 1. The van der Waals surface area contributed by atoms with Gasteiger partial charge in [0.1, 0.15) is 0 Å². The average Bonchev–Trinajstić information content (AvgIpc) is 2.28. The minimum absolute atomic E-state index is 0.0224. The molecule has 0 atom stereocenters. The molecule has 0 heterocycles. The molecule has 1 N–H and O–H groups in total. The SMILES string of the molecule is COC1(CC(=O)Nc2c(C)cc(C)cc2Br)CCC1. The van der Waals surface area contributed by atoms with Crippen LogP contribution in [0.3, 0.4) is 0 Å². The second-order valence-corrected chi connectivity index (χ2v) is 6.26. The Bertz CT molecular complexity index is 466. The van der Waals surface area contributed by atoms with Crippen molar-refractivity contribution in [2.24, 2.45) is 0 Å². The zero-order valence-electron chi connectivity index (χ0n) is 11.7. The molecule has 19 heavy (non-hydrogen) atoms. The van der Waals surface area contributed by atoms with Gasteiger partial charge in [0.05, 0.1) is 17.7 Å². The van der Waals surface area contributed by atoms with Crippen LogP contribution in [0.2, 0.25) is 0 Å². The van der Waals surface area contributed by atoms with Gasteiger partial charge in [0, 0.05) is 11.6 Å². The Labute approximate surface area is 122 Å². The predicted octanol–water partition coefficient (Wildman–Crippen LogP) is 3.96. The highest BCUT2D eigenvalue weighted by Gasteiger charge is 2.39. The van der Waals surface area contributed by atoms with E-state index in [1.54, 1.807) is 7.11 Å². The van der Waals surface area contributed by atoms with Gasteiger partial charge in [-0.1, -0.05) is 6.07 Å². The molecule has 0 spiro atoms. The number of hydrogen-bond acceptors (Lipinski definition) is 2. The summed E-state index contributed by atoms with van der Waals surface area (Å²) < 4.78 is 6.42. The van der Waals surface area contributed by atoms with Crippen LogP contribution in [0.4, 0.5) is 5.69 Å². The van der Waals surface area contributed by atoms with Gasteiger partial charge in [0.15, 0.2) is 0 Å². The molecule has 0 aromatic heterocycles. The molecule has 1 fully saturated rings. The lowest BCUT2D eigenvalue weighted by Gasteiger charge is -2.39. The number of aryl methyl sites for hydroxylation is 2. The second kappa shape index (κ2) is 5.63. The van der Waals surface area contributed by atoms with Gasteiger partial charge < -0.3 is 10.1 Å². The summed E-state index contributed by atoms with van der Waals surface area (Å²) in [6.07, 6.45) is 3.54. The number of benzene rings is 1. The molecule has 4 heteroatoms. The van der Waals surface area contributed by atoms with E-state index in [0.29, 0.717) is 6.42 Å². The lowest BCUT2D eigenvalue weighted by Crippen LogP contribution is -2.42. The zero-order chi connectivity index (χ0) is 14.0. The molecule has 1 aliphatic rings. The molecule has 104 valence electrons. The first-order chi connectivity index (χ1) is 8.96. The van der Waals surface area contributed by atoms with E-state index < -0.39 is 0 Å². The summed E-state index contributed by atoms with van der Waals surface area (Å²) >= 11 is 3.51. The first-order valence-corrected chi connectivity index (χ1v) is 7.37. The fourth-order valence-electron chi connectivity index (χ4n) is 2.57. The van der Waals surface area contributed by atoms with Gasteiger partial charge in [-0.05, 0) is 66.2 Å². The molecule has 0 radical (unpaired) electrons. The third kappa shape index (κ3) is 3.18. The molecule has 0 unspecified atom stereocenters. The number of nitrogens with one attached hydrogen (secondary N) is 1. The van der Waals surface area contributed by atoms with Crippen LogP contribution in [0, 0.1) is 13.8 Å². The molecule has 0 saturated heterocycles. The van der Waals surface area contributed by atoms with Crippen molar-refractivity contribution in [3.8, 4) is 0 Å². The van der Waals surface area contributed by atoms with Gasteiger partial charge in [-0.2, -0.15) is 0 Å². The van der Waals surface area contributed by atoms with Crippen molar-refractivity contribution in [1.82, 2.24) is 0 Å². The maximum atomic E-state index is 12.2. The standard InChI is InChI=1S/C15H20BrNO2/c1-10-7-11(2)14(12(16)8-10)17-13(18)9-15(19-3)5-4-6-15/h7-8H,4-6,9H2,1-3H3,(H,17,18). The van der Waals surface area contributed by atoms with Crippen molar-refractivity contribution in [2.45, 2.75) is 45.1 Å². The summed E-state index contributed by atoms with van der Waals surface area (Å²) in [6, 6.07) is 4.08. The van der Waals surface area contributed by atoms with Crippen LogP contribution in [0.25, 0.3) is 0 Å². The number of ether oxygens (including phenoxy) is 1. The number of amides is 1. The topological polar surface area (TPSA) is 38.3 Å². The van der Waals surface area contributed by atoms with Crippen LogP contribution in [0.15, 0.2) is 16.6 Å². The van der Waals surface area contributed by atoms with Gasteiger partial charge in [0.2, 0.25) is 5.91 Å². The summed E-state index contributed by atoms with van der Waals surface area (Å²) in [5.41, 5.74) is 2.88. The van der Waals surface area contributed by atoms with E-state index in [-0.39, 0.29) is 11.5 Å². The lowest BCUT2D eigenvalue weighted by atomic mass is 9.77. The Morgan fingerprint density at radius 3 is 2.58 bits per heavy atom. The molecule has 1 saturated carbocycles. The Morgan fingerprint density at radius 2 is 2.11 bits per heavy atom. The van der Waals surface area contributed by atoms with E-state index in [2.05, 4.69) is 27.3 Å². The minimum atomic E-state index is -0.227. The van der Waals surface area contributed by atoms with E-state index in [0.717, 1.165) is 35.0 Å². The third-order valence-electron chi connectivity index (χ3n) is 3.88. The smallest absolute Gasteiger partial charge is 0.227 e. The van der Waals surface area contributed by atoms with Crippen LogP contribution >= 0.6 is 15.9 Å². The van der Waals surface area contributed by atoms with Crippen LogP contribution in [0.5, 0.6) is 0 Å². The molecular weight excluding hydrogens is 306 g/mol. The van der Waals surface area contributed by atoms with Crippen LogP contribution in [-0.4, -0.2) is 18.6 Å². The summed E-state index contributed by atoms with van der Waals surface area (Å²) in [7, 11) is 1.69. The molecule has 3 nitrogen and oxygen atoms in total. The van der Waals surface area contributed by atoms with Crippen molar-refractivity contribution in [3.63, 3.8) is 0 Å². The number of hydrogen-bond donors (Lipinski definition) is 1. The zero-order valence-corrected chi connectivity index (χ0v) is 13.3. The predicted molar refractivity (Wildman–Crippen MR) is 80.5 cm³/mol. The van der Waals surface area contributed by atoms with Gasteiger partial charge in [-0.3, -0.25) is 4.79 Å². The second-order valence-electron chi connectivity index (χ2n) is 5.40. The number of methoxy groups -OCH3 is 1. The van der Waals surface area contributed by atoms with Crippen LogP contribution < -0.4 is 5.32 Å². The molecule has 2 rings (SSSR count). The Hall–Kier alpha value is -0.870. The van der Waals surface area contributed by atoms with Crippen LogP contribution in [-0.2, 0) is 9.53 Å². The Balaban J connectivity index is 2.07. The van der Waals surface area contributed by atoms with E-state index >= 15 is 0 Å². The Kier molecular flexibility index (Phi) is 4.31. The average molecular weight is 326 g/mol. The van der Waals surface area contributed by atoms with Crippen molar-refractivity contribution < 1.29 is 9.53 Å². The number of rotatable bonds is 4. The largest absolute Gasteiger partial charge is 0.378 e. The highest BCUT2D eigenvalue weighted by atomic mass is 79.9. The summed E-state index contributed by atoms with van der Waals surface area (Å²) in [5.74, 6) is 0.0224. The monoisotopic (exact) mass is 325 g/mol. The number of halogens is 1. The van der Waals surface area contributed by atoms with Gasteiger partial charge in [0.25, 0.3) is 0 Å². The van der Waals surface area contributed by atoms with Gasteiger partial charge in [-0.25, -0.2) is 0 Å². The minimum Gasteiger partial charge on any atom is -0.378 e. The molecule has 1 aliphatic carbocycles. The normalized spacial score (nSPS) is 16.8. The molecule has 1 amide bonds. The van der Waals surface area contributed by atoms with Crippen molar-refractivity contribution >= 4 is 27.5 Å². The fourth-order valence-corrected chi connectivity index (χ4v) is 3.35. The third-order valence-corrected chi connectivity index (χ3v) is 4.50. The molecule has 1 aromatic rings. The Morgan fingerprint density at radius 1 is 1.42 bits per heavy atom. The summed E-state index contributed by atoms with van der Waals surface area (Å²) in [4.78, 5) is 12.2. The molecule has 0 aliphatic heterocycles. The first-order valence-electron chi connectivity index (χ1n) is 6.57. The van der Waals surface area contributed by atoms with Crippen molar-refractivity contribution in [2.75, 3.05) is 12.4 Å². The number of anilines is 1. The van der Waals surface area contributed by atoms with Crippen molar-refractivity contribution in [3.05, 3.63) is 27.7 Å². The maximum Gasteiger partial charge on any atom is 0.227 e. The summed E-state index contributed by atoms with van der Waals surface area (Å²) in [5, 5.41) is 3.00. The molecular formula is C15H20BrNO2. The highest BCUT2D eigenvalue weighted by Crippen LogP contribution is 2.38. The first kappa shape index (κ1) is 14.5. The summed E-state index contributed by atoms with van der Waals surface area (Å²) in [6.45, 7) is 4.04. The quantitative estimate of drug-likeness (QED) is 0.909. The number of carbonyl (C=O) groups is 1.